The van der Waals surface area contributed by atoms with Crippen molar-refractivity contribution >= 4 is 5.97 Å². The van der Waals surface area contributed by atoms with Crippen molar-refractivity contribution < 1.29 is 19.7 Å². The van der Waals surface area contributed by atoms with Gasteiger partial charge in [-0.05, 0) is 24.8 Å². The van der Waals surface area contributed by atoms with Crippen molar-refractivity contribution in [2.75, 3.05) is 13.2 Å². The first kappa shape index (κ1) is 17.7. The Morgan fingerprint density at radius 1 is 1.29 bits per heavy atom. The third-order valence-electron chi connectivity index (χ3n) is 3.88. The van der Waals surface area contributed by atoms with Crippen LogP contribution in [0.5, 0.6) is 0 Å². The summed E-state index contributed by atoms with van der Waals surface area (Å²) in [4.78, 5) is 11.8. The number of rotatable bonds is 10. The molecule has 2 N–H and O–H groups in total. The van der Waals surface area contributed by atoms with Crippen LogP contribution in [0.1, 0.15) is 45.1 Å². The van der Waals surface area contributed by atoms with Gasteiger partial charge >= 0.3 is 5.97 Å². The number of ether oxygens (including phenoxy) is 1. The first-order valence-electron chi connectivity index (χ1n) is 7.61. The Hall–Kier alpha value is -1.39. The molecule has 1 aromatic rings. The first-order chi connectivity index (χ1) is 10.1. The molecule has 0 aromatic heterocycles. The SMILES string of the molecule is CCCCOCC(O)CC(CC)(C(=O)O)c1ccccc1. The van der Waals surface area contributed by atoms with E-state index in [1.54, 1.807) is 0 Å². The highest BCUT2D eigenvalue weighted by Crippen LogP contribution is 2.33. The zero-order chi connectivity index (χ0) is 15.7. The predicted molar refractivity (Wildman–Crippen MR) is 82.4 cm³/mol. The number of hydrogen-bond donors (Lipinski definition) is 2. The molecule has 21 heavy (non-hydrogen) atoms. The van der Waals surface area contributed by atoms with E-state index in [4.69, 9.17) is 4.74 Å². The van der Waals surface area contributed by atoms with Gasteiger partial charge in [-0.15, -0.1) is 0 Å². The summed E-state index contributed by atoms with van der Waals surface area (Å²) in [6.45, 7) is 4.69. The number of benzene rings is 1. The van der Waals surface area contributed by atoms with Gasteiger partial charge in [0.05, 0.1) is 18.1 Å². The molecule has 2 unspecified atom stereocenters. The molecule has 0 saturated carbocycles. The maximum absolute atomic E-state index is 11.8. The van der Waals surface area contributed by atoms with E-state index >= 15 is 0 Å². The molecule has 1 rings (SSSR count). The molecular formula is C17H26O4. The molecule has 118 valence electrons. The van der Waals surface area contributed by atoms with E-state index in [1.807, 2.05) is 37.3 Å². The Balaban J connectivity index is 2.77. The number of aliphatic hydroxyl groups excluding tert-OH is 1. The number of aliphatic carboxylic acids is 1. The molecule has 0 bridgehead atoms. The molecule has 4 nitrogen and oxygen atoms in total. The number of hydrogen-bond acceptors (Lipinski definition) is 3. The molecule has 4 heteroatoms. The van der Waals surface area contributed by atoms with Gasteiger partial charge in [-0.25, -0.2) is 0 Å². The smallest absolute Gasteiger partial charge is 0.314 e. The second kappa shape index (κ2) is 8.80. The van der Waals surface area contributed by atoms with E-state index in [1.165, 1.54) is 0 Å². The summed E-state index contributed by atoms with van der Waals surface area (Å²) in [5.41, 5.74) is -0.331. The Morgan fingerprint density at radius 2 is 1.95 bits per heavy atom. The standard InChI is InChI=1S/C17H26O4/c1-3-5-11-21-13-15(18)12-17(4-2,16(19)20)14-9-7-6-8-10-14/h6-10,15,18H,3-5,11-13H2,1-2H3,(H,19,20). The molecule has 0 aliphatic heterocycles. The predicted octanol–water partition coefficient (Wildman–Crippen LogP) is 2.99. The van der Waals surface area contributed by atoms with Gasteiger partial charge < -0.3 is 14.9 Å². The lowest BCUT2D eigenvalue weighted by Gasteiger charge is -2.31. The average Bonchev–Trinajstić information content (AvgIpc) is 2.50. The maximum Gasteiger partial charge on any atom is 0.314 e. The highest BCUT2D eigenvalue weighted by molar-refractivity contribution is 5.81. The van der Waals surface area contributed by atoms with Gasteiger partial charge in [-0.1, -0.05) is 50.6 Å². The summed E-state index contributed by atoms with van der Waals surface area (Å²) < 4.78 is 5.40. The average molecular weight is 294 g/mol. The minimum Gasteiger partial charge on any atom is -0.481 e. The van der Waals surface area contributed by atoms with Crippen LogP contribution in [0.2, 0.25) is 0 Å². The largest absolute Gasteiger partial charge is 0.481 e. The van der Waals surface area contributed by atoms with E-state index in [0.29, 0.717) is 13.0 Å². The summed E-state index contributed by atoms with van der Waals surface area (Å²) in [6, 6.07) is 9.13. The van der Waals surface area contributed by atoms with Crippen molar-refractivity contribution in [1.29, 1.82) is 0 Å². The van der Waals surface area contributed by atoms with Crippen LogP contribution < -0.4 is 0 Å². The fourth-order valence-corrected chi connectivity index (χ4v) is 2.51. The van der Waals surface area contributed by atoms with Crippen molar-refractivity contribution in [2.45, 2.75) is 51.0 Å². The van der Waals surface area contributed by atoms with E-state index < -0.39 is 17.5 Å². The lowest BCUT2D eigenvalue weighted by molar-refractivity contribution is -0.146. The first-order valence-corrected chi connectivity index (χ1v) is 7.61. The third-order valence-corrected chi connectivity index (χ3v) is 3.88. The molecule has 0 radical (unpaired) electrons. The maximum atomic E-state index is 11.8. The topological polar surface area (TPSA) is 66.8 Å². The van der Waals surface area contributed by atoms with Crippen LogP contribution >= 0.6 is 0 Å². The van der Waals surface area contributed by atoms with Gasteiger partial charge in [0.1, 0.15) is 0 Å². The Morgan fingerprint density at radius 3 is 2.48 bits per heavy atom. The zero-order valence-corrected chi connectivity index (χ0v) is 12.9. The Kier molecular flexibility index (Phi) is 7.40. The van der Waals surface area contributed by atoms with Crippen molar-refractivity contribution in [2.24, 2.45) is 0 Å². The molecule has 0 saturated heterocycles. The molecular weight excluding hydrogens is 268 g/mol. The fourth-order valence-electron chi connectivity index (χ4n) is 2.51. The van der Waals surface area contributed by atoms with E-state index in [2.05, 4.69) is 6.92 Å². The van der Waals surface area contributed by atoms with Gasteiger partial charge in [0, 0.05) is 6.61 Å². The Bertz CT molecular complexity index is 418. The second-order valence-corrected chi connectivity index (χ2v) is 5.39. The normalized spacial score (nSPS) is 15.4. The molecule has 0 heterocycles. The third kappa shape index (κ3) is 4.83. The van der Waals surface area contributed by atoms with Crippen LogP contribution in [0, 0.1) is 0 Å². The van der Waals surface area contributed by atoms with E-state index in [9.17, 15) is 15.0 Å². The minimum atomic E-state index is -1.06. The van der Waals surface area contributed by atoms with Crippen molar-refractivity contribution in [1.82, 2.24) is 0 Å². The molecule has 0 aliphatic carbocycles. The van der Waals surface area contributed by atoms with Crippen molar-refractivity contribution in [3.63, 3.8) is 0 Å². The summed E-state index contributed by atoms with van der Waals surface area (Å²) in [6.07, 6.45) is 1.79. The minimum absolute atomic E-state index is 0.162. The highest BCUT2D eigenvalue weighted by atomic mass is 16.5. The monoisotopic (exact) mass is 294 g/mol. The van der Waals surface area contributed by atoms with Crippen LogP contribution in [0.4, 0.5) is 0 Å². The zero-order valence-electron chi connectivity index (χ0n) is 12.9. The van der Waals surface area contributed by atoms with Gasteiger partial charge in [0.15, 0.2) is 0 Å². The molecule has 2 atom stereocenters. The van der Waals surface area contributed by atoms with Crippen LogP contribution in [-0.4, -0.2) is 35.5 Å². The van der Waals surface area contributed by atoms with Crippen molar-refractivity contribution in [3.8, 4) is 0 Å². The molecule has 0 aliphatic rings. The number of carboxylic acid groups (broad SMARTS) is 1. The van der Waals surface area contributed by atoms with Crippen LogP contribution in [-0.2, 0) is 14.9 Å². The van der Waals surface area contributed by atoms with Crippen LogP contribution in [0.3, 0.4) is 0 Å². The van der Waals surface area contributed by atoms with Crippen molar-refractivity contribution in [3.05, 3.63) is 35.9 Å². The number of unbranched alkanes of at least 4 members (excludes halogenated alkanes) is 1. The van der Waals surface area contributed by atoms with Crippen LogP contribution in [0.25, 0.3) is 0 Å². The quantitative estimate of drug-likeness (QED) is 0.651. The highest BCUT2D eigenvalue weighted by Gasteiger charge is 2.40. The van der Waals surface area contributed by atoms with Gasteiger partial charge in [-0.3, -0.25) is 4.79 Å². The lowest BCUT2D eigenvalue weighted by Crippen LogP contribution is -2.40. The van der Waals surface area contributed by atoms with Gasteiger partial charge in [0.2, 0.25) is 0 Å². The number of aliphatic hydroxyl groups is 1. The van der Waals surface area contributed by atoms with E-state index in [0.717, 1.165) is 18.4 Å². The fraction of sp³-hybridized carbons (Fsp3) is 0.588. The lowest BCUT2D eigenvalue weighted by atomic mass is 9.74. The molecule has 0 amide bonds. The summed E-state index contributed by atoms with van der Waals surface area (Å²) >= 11 is 0. The Labute approximate surface area is 126 Å². The second-order valence-electron chi connectivity index (χ2n) is 5.39. The van der Waals surface area contributed by atoms with E-state index in [-0.39, 0.29) is 13.0 Å². The molecule has 0 fully saturated rings. The summed E-state index contributed by atoms with van der Waals surface area (Å²) in [5, 5.41) is 19.8. The number of carboxylic acids is 1. The molecule has 0 spiro atoms. The van der Waals surface area contributed by atoms with Gasteiger partial charge in [-0.2, -0.15) is 0 Å². The van der Waals surface area contributed by atoms with Gasteiger partial charge in [0.25, 0.3) is 0 Å². The number of carbonyl (C=O) groups is 1. The van der Waals surface area contributed by atoms with Crippen LogP contribution in [0.15, 0.2) is 30.3 Å². The summed E-state index contributed by atoms with van der Waals surface area (Å²) in [7, 11) is 0. The molecule has 1 aromatic carbocycles. The summed E-state index contributed by atoms with van der Waals surface area (Å²) in [5.74, 6) is -0.899.